The normalized spacial score (nSPS) is 28.6. The van der Waals surface area contributed by atoms with Gasteiger partial charge in [-0.25, -0.2) is 0 Å². The van der Waals surface area contributed by atoms with E-state index in [2.05, 4.69) is 5.32 Å². The van der Waals surface area contributed by atoms with E-state index in [1.807, 2.05) is 12.2 Å². The molecule has 4 rings (SSSR count). The van der Waals surface area contributed by atoms with Crippen LogP contribution in [0.1, 0.15) is 12.0 Å². The molecule has 8 heteroatoms. The molecule has 1 aliphatic heterocycles. The minimum absolute atomic E-state index is 0.0912. The highest BCUT2D eigenvalue weighted by Gasteiger charge is 2.59. The van der Waals surface area contributed by atoms with E-state index in [1.54, 1.807) is 6.92 Å². The van der Waals surface area contributed by atoms with Crippen LogP contribution in [0.5, 0.6) is 0 Å². The summed E-state index contributed by atoms with van der Waals surface area (Å²) >= 11 is 0. The van der Waals surface area contributed by atoms with Crippen molar-refractivity contribution in [1.82, 2.24) is 4.90 Å². The number of likely N-dealkylation sites (tertiary alicyclic amines) is 1. The number of carbonyl (C=O) groups excluding carboxylic acids is 3. The van der Waals surface area contributed by atoms with Gasteiger partial charge in [-0.2, -0.15) is 0 Å². The van der Waals surface area contributed by atoms with Crippen molar-refractivity contribution in [3.63, 3.8) is 0 Å². The Morgan fingerprint density at radius 2 is 1.85 bits per heavy atom. The van der Waals surface area contributed by atoms with Crippen LogP contribution in [0.4, 0.5) is 11.4 Å². The maximum atomic E-state index is 12.6. The fraction of sp³-hybridized carbons (Fsp3) is 0.389. The SMILES string of the molecule is Cc1ccc([N+](=O)[O-])cc1NC(=O)CN1C(=O)[C@@H]2[C@H](C1=O)[C@H]1C=C[C@H]2C1. The van der Waals surface area contributed by atoms with Crippen LogP contribution < -0.4 is 5.32 Å². The van der Waals surface area contributed by atoms with Crippen molar-refractivity contribution in [1.29, 1.82) is 0 Å². The molecule has 2 fully saturated rings. The number of nitrogens with one attached hydrogen (secondary N) is 1. The topological polar surface area (TPSA) is 110 Å². The molecule has 134 valence electrons. The summed E-state index contributed by atoms with van der Waals surface area (Å²) in [5.74, 6) is -1.63. The zero-order valence-corrected chi connectivity index (χ0v) is 14.0. The number of fused-ring (bicyclic) bond motifs is 5. The number of aryl methyl sites for hydroxylation is 1. The molecule has 2 aliphatic carbocycles. The number of non-ortho nitro benzene ring substituents is 1. The Kier molecular flexibility index (Phi) is 3.64. The van der Waals surface area contributed by atoms with E-state index in [-0.39, 0.29) is 47.7 Å². The van der Waals surface area contributed by atoms with Crippen molar-refractivity contribution < 1.29 is 19.3 Å². The number of amides is 3. The molecule has 3 aliphatic rings. The van der Waals surface area contributed by atoms with E-state index in [9.17, 15) is 24.5 Å². The van der Waals surface area contributed by atoms with Gasteiger partial charge in [-0.3, -0.25) is 29.4 Å². The summed E-state index contributed by atoms with van der Waals surface area (Å²) in [5, 5.41) is 13.5. The Hall–Kier alpha value is -3.03. The molecule has 1 aromatic rings. The van der Waals surface area contributed by atoms with Crippen LogP contribution in [0.15, 0.2) is 30.4 Å². The van der Waals surface area contributed by atoms with Crippen LogP contribution in [0, 0.1) is 40.7 Å². The first-order valence-electron chi connectivity index (χ1n) is 8.45. The quantitative estimate of drug-likeness (QED) is 0.382. The molecule has 4 atom stereocenters. The molecular formula is C18H17N3O5. The third-order valence-electron chi connectivity index (χ3n) is 5.57. The fourth-order valence-corrected chi connectivity index (χ4v) is 4.31. The lowest BCUT2D eigenvalue weighted by molar-refractivity contribution is -0.384. The Morgan fingerprint density at radius 3 is 2.42 bits per heavy atom. The molecule has 1 saturated carbocycles. The maximum absolute atomic E-state index is 12.6. The van der Waals surface area contributed by atoms with Crippen LogP contribution in [0.3, 0.4) is 0 Å². The summed E-state index contributed by atoms with van der Waals surface area (Å²) in [6.45, 7) is 1.34. The van der Waals surface area contributed by atoms with Crippen molar-refractivity contribution in [3.05, 3.63) is 46.0 Å². The monoisotopic (exact) mass is 355 g/mol. The average Bonchev–Trinajstić information content (AvgIpc) is 3.26. The van der Waals surface area contributed by atoms with Crippen LogP contribution in [0.2, 0.25) is 0 Å². The lowest BCUT2D eigenvalue weighted by atomic mass is 9.85. The second-order valence-corrected chi connectivity index (χ2v) is 7.07. The molecule has 1 heterocycles. The van der Waals surface area contributed by atoms with Crippen molar-refractivity contribution in [2.24, 2.45) is 23.7 Å². The molecule has 1 saturated heterocycles. The summed E-state index contributed by atoms with van der Waals surface area (Å²) in [5.41, 5.74) is 0.809. The van der Waals surface area contributed by atoms with Crippen molar-refractivity contribution >= 4 is 29.1 Å². The van der Waals surface area contributed by atoms with Gasteiger partial charge in [-0.05, 0) is 30.7 Å². The Balaban J connectivity index is 1.48. The molecule has 0 radical (unpaired) electrons. The van der Waals surface area contributed by atoms with Crippen molar-refractivity contribution in [2.75, 3.05) is 11.9 Å². The van der Waals surface area contributed by atoms with Gasteiger partial charge >= 0.3 is 0 Å². The zero-order valence-electron chi connectivity index (χ0n) is 14.0. The number of nitro groups is 1. The zero-order chi connectivity index (χ0) is 18.6. The number of hydrogen-bond acceptors (Lipinski definition) is 5. The van der Waals surface area contributed by atoms with Crippen LogP contribution in [-0.4, -0.2) is 34.1 Å². The van der Waals surface area contributed by atoms with Gasteiger partial charge in [0.2, 0.25) is 17.7 Å². The molecule has 2 bridgehead atoms. The number of nitro benzene ring substituents is 1. The molecule has 1 aromatic carbocycles. The Bertz CT molecular complexity index is 848. The molecule has 3 amide bonds. The molecule has 0 unspecified atom stereocenters. The number of rotatable bonds is 4. The second kappa shape index (κ2) is 5.76. The van der Waals surface area contributed by atoms with Gasteiger partial charge in [-0.15, -0.1) is 0 Å². The molecular weight excluding hydrogens is 338 g/mol. The smallest absolute Gasteiger partial charge is 0.271 e. The maximum Gasteiger partial charge on any atom is 0.271 e. The van der Waals surface area contributed by atoms with Gasteiger partial charge < -0.3 is 5.32 Å². The van der Waals surface area contributed by atoms with E-state index in [0.717, 1.165) is 11.3 Å². The number of allylic oxidation sites excluding steroid dienone is 2. The van der Waals surface area contributed by atoms with Gasteiger partial charge in [0.1, 0.15) is 6.54 Å². The number of nitrogens with zero attached hydrogens (tertiary/aromatic N) is 2. The Labute approximate surface area is 149 Å². The van der Waals surface area contributed by atoms with E-state index >= 15 is 0 Å². The molecule has 0 aromatic heterocycles. The predicted molar refractivity (Wildman–Crippen MR) is 90.9 cm³/mol. The molecule has 8 nitrogen and oxygen atoms in total. The van der Waals surface area contributed by atoms with E-state index in [4.69, 9.17) is 0 Å². The largest absolute Gasteiger partial charge is 0.324 e. The average molecular weight is 355 g/mol. The number of benzene rings is 1. The number of carbonyl (C=O) groups is 3. The lowest BCUT2D eigenvalue weighted by Gasteiger charge is -2.17. The highest BCUT2D eigenvalue weighted by molar-refractivity contribution is 6.09. The third kappa shape index (κ3) is 2.40. The van der Waals surface area contributed by atoms with Crippen molar-refractivity contribution in [3.8, 4) is 0 Å². The van der Waals surface area contributed by atoms with E-state index < -0.39 is 10.8 Å². The highest BCUT2D eigenvalue weighted by Crippen LogP contribution is 2.52. The summed E-state index contributed by atoms with van der Waals surface area (Å²) < 4.78 is 0. The van der Waals surface area contributed by atoms with Gasteiger partial charge in [-0.1, -0.05) is 18.2 Å². The van der Waals surface area contributed by atoms with Gasteiger partial charge in [0.25, 0.3) is 5.69 Å². The summed E-state index contributed by atoms with van der Waals surface area (Å²) in [6, 6.07) is 4.15. The highest BCUT2D eigenvalue weighted by atomic mass is 16.6. The lowest BCUT2D eigenvalue weighted by Crippen LogP contribution is -2.39. The fourth-order valence-electron chi connectivity index (χ4n) is 4.31. The molecule has 1 N–H and O–H groups in total. The van der Waals surface area contributed by atoms with Crippen LogP contribution in [-0.2, 0) is 14.4 Å². The van der Waals surface area contributed by atoms with Gasteiger partial charge in [0.05, 0.1) is 22.4 Å². The minimum atomic E-state index is -0.549. The summed E-state index contributed by atoms with van der Waals surface area (Å²) in [7, 11) is 0. The van der Waals surface area contributed by atoms with Gasteiger partial charge in [0.15, 0.2) is 0 Å². The second-order valence-electron chi connectivity index (χ2n) is 7.07. The first kappa shape index (κ1) is 16.4. The van der Waals surface area contributed by atoms with E-state index in [0.29, 0.717) is 11.3 Å². The standard InChI is InChI=1S/C18H17N3O5/c1-9-2-5-12(21(25)26)7-13(9)19-14(22)8-20-17(23)15-10-3-4-11(6-10)16(15)18(20)24/h2-5,7,10-11,15-16H,6,8H2,1H3,(H,19,22)/t10-,11-,15-,16+/m0/s1. The number of imide groups is 1. The molecule has 0 spiro atoms. The first-order valence-corrected chi connectivity index (χ1v) is 8.45. The third-order valence-corrected chi connectivity index (χ3v) is 5.57. The van der Waals surface area contributed by atoms with Crippen molar-refractivity contribution in [2.45, 2.75) is 13.3 Å². The van der Waals surface area contributed by atoms with Crippen LogP contribution >= 0.6 is 0 Å². The summed E-state index contributed by atoms with van der Waals surface area (Å²) in [6.07, 6.45) is 4.82. The van der Waals surface area contributed by atoms with Gasteiger partial charge in [0, 0.05) is 12.1 Å². The summed E-state index contributed by atoms with van der Waals surface area (Å²) in [4.78, 5) is 48.9. The van der Waals surface area contributed by atoms with Crippen LogP contribution in [0.25, 0.3) is 0 Å². The predicted octanol–water partition coefficient (Wildman–Crippen LogP) is 1.65. The number of hydrogen-bond donors (Lipinski definition) is 1. The Morgan fingerprint density at radius 1 is 1.23 bits per heavy atom. The molecule has 26 heavy (non-hydrogen) atoms. The van der Waals surface area contributed by atoms with E-state index in [1.165, 1.54) is 18.2 Å². The minimum Gasteiger partial charge on any atom is -0.324 e. The first-order chi connectivity index (χ1) is 12.4. The number of anilines is 1.